The Labute approximate surface area is 122 Å². The zero-order valence-corrected chi connectivity index (χ0v) is 12.3. The first-order chi connectivity index (χ1) is 9.85. The summed E-state index contributed by atoms with van der Waals surface area (Å²) in [5.74, 6) is -0.212. The number of hydrogen-bond acceptors (Lipinski definition) is 3. The maximum Gasteiger partial charge on any atom is 0.330 e. The number of rotatable bonds is 4. The normalized spacial score (nSPS) is 11.4. The van der Waals surface area contributed by atoms with Crippen molar-refractivity contribution in [1.82, 2.24) is 9.55 Å². The van der Waals surface area contributed by atoms with Crippen molar-refractivity contribution in [2.45, 2.75) is 26.4 Å². The molecular formula is C15H19N3O3. The van der Waals surface area contributed by atoms with Gasteiger partial charge in [0.15, 0.2) is 0 Å². The molecule has 1 heterocycles. The van der Waals surface area contributed by atoms with Crippen molar-refractivity contribution in [3.05, 3.63) is 47.1 Å². The fourth-order valence-electron chi connectivity index (χ4n) is 1.71. The van der Waals surface area contributed by atoms with Crippen LogP contribution in [0.3, 0.4) is 0 Å². The molecule has 6 heteroatoms. The molecule has 0 saturated heterocycles. The van der Waals surface area contributed by atoms with E-state index in [1.807, 2.05) is 20.8 Å². The number of benzene rings is 1. The van der Waals surface area contributed by atoms with Crippen LogP contribution in [-0.4, -0.2) is 27.7 Å². The Bertz CT molecular complexity index is 662. The summed E-state index contributed by atoms with van der Waals surface area (Å²) >= 11 is 0. The number of carbonyl (C=O) groups is 1. The average molecular weight is 289 g/mol. The number of aromatic amines is 1. The minimum absolute atomic E-state index is 0.00250. The Balaban J connectivity index is 1.98. The number of nitrogens with one attached hydrogen (secondary N) is 2. The highest BCUT2D eigenvalue weighted by Gasteiger charge is 2.13. The standard InChI is InChI=1S/C15H19N3O3/c1-15(2,3)21-10-13(19)17-11-4-6-12(7-5-11)18-9-8-16-14(18)20/h4-9H,10H2,1-3H3,(H,16,20)(H,17,19). The lowest BCUT2D eigenvalue weighted by Crippen LogP contribution is -2.27. The molecule has 6 nitrogen and oxygen atoms in total. The number of anilines is 1. The average Bonchev–Trinajstić information content (AvgIpc) is 2.83. The second kappa shape index (κ2) is 5.97. The molecule has 1 amide bonds. The van der Waals surface area contributed by atoms with E-state index in [1.165, 1.54) is 4.57 Å². The van der Waals surface area contributed by atoms with Crippen LogP contribution >= 0.6 is 0 Å². The molecule has 0 unspecified atom stereocenters. The SMILES string of the molecule is CC(C)(C)OCC(=O)Nc1ccc(-n2cc[nH]c2=O)cc1. The number of carbonyl (C=O) groups excluding carboxylic acids is 1. The van der Waals surface area contributed by atoms with Gasteiger partial charge in [-0.15, -0.1) is 0 Å². The molecular weight excluding hydrogens is 270 g/mol. The van der Waals surface area contributed by atoms with Crippen LogP contribution in [0.1, 0.15) is 20.8 Å². The Morgan fingerprint density at radius 1 is 1.29 bits per heavy atom. The van der Waals surface area contributed by atoms with E-state index >= 15 is 0 Å². The summed E-state index contributed by atoms with van der Waals surface area (Å²) in [5.41, 5.74) is 0.830. The number of hydrogen-bond donors (Lipinski definition) is 2. The highest BCUT2D eigenvalue weighted by molar-refractivity contribution is 5.91. The Morgan fingerprint density at radius 3 is 2.48 bits per heavy atom. The maximum atomic E-state index is 11.7. The Hall–Kier alpha value is -2.34. The van der Waals surface area contributed by atoms with Gasteiger partial charge in [-0.3, -0.25) is 9.36 Å². The first-order valence-corrected chi connectivity index (χ1v) is 6.65. The molecule has 1 aromatic carbocycles. The molecule has 0 fully saturated rings. The van der Waals surface area contributed by atoms with Crippen molar-refractivity contribution in [3.63, 3.8) is 0 Å². The van der Waals surface area contributed by atoms with Gasteiger partial charge in [0.2, 0.25) is 5.91 Å². The summed E-state index contributed by atoms with van der Waals surface area (Å²) in [7, 11) is 0. The Kier molecular flexibility index (Phi) is 4.28. The highest BCUT2D eigenvalue weighted by Crippen LogP contribution is 2.12. The largest absolute Gasteiger partial charge is 0.366 e. The summed E-state index contributed by atoms with van der Waals surface area (Å²) in [6, 6.07) is 7.00. The summed E-state index contributed by atoms with van der Waals surface area (Å²) in [6.45, 7) is 5.68. The van der Waals surface area contributed by atoms with E-state index in [4.69, 9.17) is 4.74 Å². The van der Waals surface area contributed by atoms with Gasteiger partial charge >= 0.3 is 5.69 Å². The van der Waals surface area contributed by atoms with Crippen molar-refractivity contribution in [2.24, 2.45) is 0 Å². The van der Waals surface area contributed by atoms with E-state index in [1.54, 1.807) is 36.7 Å². The van der Waals surface area contributed by atoms with Crippen LogP contribution in [0.2, 0.25) is 0 Å². The lowest BCUT2D eigenvalue weighted by Gasteiger charge is -2.19. The van der Waals surface area contributed by atoms with E-state index in [0.717, 1.165) is 5.69 Å². The molecule has 112 valence electrons. The van der Waals surface area contributed by atoms with E-state index in [2.05, 4.69) is 10.3 Å². The van der Waals surface area contributed by atoms with Crippen LogP contribution in [-0.2, 0) is 9.53 Å². The second-order valence-corrected chi connectivity index (χ2v) is 5.63. The molecule has 2 aromatic rings. The molecule has 0 aliphatic carbocycles. The van der Waals surface area contributed by atoms with Gasteiger partial charge in [-0.05, 0) is 45.0 Å². The van der Waals surface area contributed by atoms with Crippen LogP contribution in [0.4, 0.5) is 5.69 Å². The quantitative estimate of drug-likeness (QED) is 0.903. The summed E-state index contributed by atoms with van der Waals surface area (Å²) < 4.78 is 6.88. The van der Waals surface area contributed by atoms with Crippen molar-refractivity contribution in [2.75, 3.05) is 11.9 Å². The number of H-pyrrole nitrogens is 1. The van der Waals surface area contributed by atoms with E-state index in [-0.39, 0.29) is 23.8 Å². The minimum Gasteiger partial charge on any atom is -0.366 e. The van der Waals surface area contributed by atoms with Crippen molar-refractivity contribution in [1.29, 1.82) is 0 Å². The molecule has 0 aliphatic rings. The fraction of sp³-hybridized carbons (Fsp3) is 0.333. The molecule has 0 radical (unpaired) electrons. The molecule has 0 aliphatic heterocycles. The summed E-state index contributed by atoms with van der Waals surface area (Å²) in [5, 5.41) is 2.74. The zero-order chi connectivity index (χ0) is 15.5. The van der Waals surface area contributed by atoms with Gasteiger partial charge in [-0.25, -0.2) is 4.79 Å². The van der Waals surface area contributed by atoms with Crippen LogP contribution in [0.25, 0.3) is 5.69 Å². The number of ether oxygens (including phenoxy) is 1. The topological polar surface area (TPSA) is 76.1 Å². The number of nitrogens with zero attached hydrogens (tertiary/aromatic N) is 1. The summed E-state index contributed by atoms with van der Waals surface area (Å²) in [4.78, 5) is 25.8. The monoisotopic (exact) mass is 289 g/mol. The smallest absolute Gasteiger partial charge is 0.330 e. The molecule has 21 heavy (non-hydrogen) atoms. The first-order valence-electron chi connectivity index (χ1n) is 6.65. The molecule has 0 saturated carbocycles. The van der Waals surface area contributed by atoms with E-state index < -0.39 is 0 Å². The molecule has 2 N–H and O–H groups in total. The van der Waals surface area contributed by atoms with Crippen LogP contribution in [0, 0.1) is 0 Å². The third kappa shape index (κ3) is 4.32. The third-order valence-corrected chi connectivity index (χ3v) is 2.71. The van der Waals surface area contributed by atoms with Crippen molar-refractivity contribution < 1.29 is 9.53 Å². The fourth-order valence-corrected chi connectivity index (χ4v) is 1.71. The number of imidazole rings is 1. The van der Waals surface area contributed by atoms with Gasteiger partial charge in [0.25, 0.3) is 0 Å². The van der Waals surface area contributed by atoms with E-state index in [0.29, 0.717) is 5.69 Å². The summed E-state index contributed by atoms with van der Waals surface area (Å²) in [6.07, 6.45) is 3.22. The van der Waals surface area contributed by atoms with Gasteiger partial charge in [0.1, 0.15) is 6.61 Å². The van der Waals surface area contributed by atoms with Gasteiger partial charge in [-0.1, -0.05) is 0 Å². The first kappa shape index (κ1) is 15.1. The van der Waals surface area contributed by atoms with E-state index in [9.17, 15) is 9.59 Å². The molecule has 0 bridgehead atoms. The number of amides is 1. The lowest BCUT2D eigenvalue weighted by atomic mass is 10.2. The van der Waals surface area contributed by atoms with Crippen LogP contribution < -0.4 is 11.0 Å². The Morgan fingerprint density at radius 2 is 1.95 bits per heavy atom. The number of aromatic nitrogens is 2. The van der Waals surface area contributed by atoms with Gasteiger partial charge in [-0.2, -0.15) is 0 Å². The van der Waals surface area contributed by atoms with Crippen LogP contribution in [0.5, 0.6) is 0 Å². The van der Waals surface area contributed by atoms with Crippen molar-refractivity contribution >= 4 is 11.6 Å². The van der Waals surface area contributed by atoms with Crippen molar-refractivity contribution in [3.8, 4) is 5.69 Å². The predicted octanol–water partition coefficient (Wildman–Crippen LogP) is 1.92. The molecule has 2 rings (SSSR count). The highest BCUT2D eigenvalue weighted by atomic mass is 16.5. The second-order valence-electron chi connectivity index (χ2n) is 5.63. The maximum absolute atomic E-state index is 11.7. The minimum atomic E-state index is -0.351. The lowest BCUT2D eigenvalue weighted by molar-refractivity contribution is -0.125. The molecule has 1 aromatic heterocycles. The van der Waals surface area contributed by atoms with Gasteiger partial charge in [0.05, 0.1) is 11.3 Å². The van der Waals surface area contributed by atoms with Gasteiger partial charge in [0, 0.05) is 18.1 Å². The third-order valence-electron chi connectivity index (χ3n) is 2.71. The van der Waals surface area contributed by atoms with Crippen LogP contribution in [0.15, 0.2) is 41.5 Å². The molecule has 0 spiro atoms. The predicted molar refractivity (Wildman–Crippen MR) is 80.7 cm³/mol. The zero-order valence-electron chi connectivity index (χ0n) is 12.3. The van der Waals surface area contributed by atoms with Gasteiger partial charge < -0.3 is 15.0 Å². The molecule has 0 atom stereocenters.